The lowest BCUT2D eigenvalue weighted by atomic mass is 10.0. The van der Waals surface area contributed by atoms with E-state index in [2.05, 4.69) is 18.7 Å². The van der Waals surface area contributed by atoms with Gasteiger partial charge >= 0.3 is 0 Å². The number of nitrogens with zero attached hydrogens (tertiary/aromatic N) is 1. The zero-order chi connectivity index (χ0) is 10.8. The van der Waals surface area contributed by atoms with Crippen LogP contribution in [-0.2, 0) is 0 Å². The Morgan fingerprint density at radius 1 is 1.43 bits per heavy atom. The first kappa shape index (κ1) is 12.0. The van der Waals surface area contributed by atoms with E-state index in [1.807, 2.05) is 13.8 Å². The van der Waals surface area contributed by atoms with Crippen LogP contribution in [0.15, 0.2) is 0 Å². The number of aliphatic hydroxyl groups is 1. The predicted molar refractivity (Wildman–Crippen MR) is 60.3 cm³/mol. The first-order chi connectivity index (χ1) is 6.40. The van der Waals surface area contributed by atoms with E-state index < -0.39 is 5.60 Å². The van der Waals surface area contributed by atoms with Crippen molar-refractivity contribution in [3.05, 3.63) is 0 Å². The van der Waals surface area contributed by atoms with E-state index in [-0.39, 0.29) is 0 Å². The average Bonchev–Trinajstić information content (AvgIpc) is 2.46. The van der Waals surface area contributed by atoms with Crippen LogP contribution in [-0.4, -0.2) is 34.7 Å². The lowest BCUT2D eigenvalue weighted by Crippen LogP contribution is -2.37. The fourth-order valence-corrected chi connectivity index (χ4v) is 2.30. The predicted octanol–water partition coefficient (Wildman–Crippen LogP) is 2.27. The van der Waals surface area contributed by atoms with Crippen LogP contribution in [0.25, 0.3) is 0 Å². The molecule has 1 rings (SSSR count). The molecular weight excluding hydrogens is 174 g/mol. The molecule has 2 nitrogen and oxygen atoms in total. The Bertz CT molecular complexity index is 172. The Hall–Kier alpha value is -0.0800. The van der Waals surface area contributed by atoms with Gasteiger partial charge in [-0.15, -0.1) is 0 Å². The van der Waals surface area contributed by atoms with Gasteiger partial charge in [-0.1, -0.05) is 13.8 Å². The largest absolute Gasteiger partial charge is 0.390 e. The summed E-state index contributed by atoms with van der Waals surface area (Å²) in [6, 6.07) is 0.748. The highest BCUT2D eigenvalue weighted by atomic mass is 16.3. The molecule has 1 N–H and O–H groups in total. The van der Waals surface area contributed by atoms with Crippen LogP contribution in [0.4, 0.5) is 0 Å². The van der Waals surface area contributed by atoms with Gasteiger partial charge in [-0.2, -0.15) is 0 Å². The van der Waals surface area contributed by atoms with Crippen molar-refractivity contribution in [2.24, 2.45) is 5.92 Å². The molecule has 0 spiro atoms. The van der Waals surface area contributed by atoms with Crippen molar-refractivity contribution in [2.75, 3.05) is 13.1 Å². The molecule has 0 bridgehead atoms. The Balaban J connectivity index is 2.36. The molecule has 14 heavy (non-hydrogen) atoms. The third kappa shape index (κ3) is 3.58. The van der Waals surface area contributed by atoms with Crippen molar-refractivity contribution in [1.82, 2.24) is 4.90 Å². The van der Waals surface area contributed by atoms with Crippen LogP contribution in [0.5, 0.6) is 0 Å². The molecule has 0 aromatic heterocycles. The summed E-state index contributed by atoms with van der Waals surface area (Å²) in [7, 11) is 0. The molecule has 2 heteroatoms. The Morgan fingerprint density at radius 2 is 2.07 bits per heavy atom. The van der Waals surface area contributed by atoms with Crippen molar-refractivity contribution >= 4 is 0 Å². The summed E-state index contributed by atoms with van der Waals surface area (Å²) in [6.07, 6.45) is 3.55. The molecule has 0 radical (unpaired) electrons. The van der Waals surface area contributed by atoms with Crippen LogP contribution in [0.2, 0.25) is 0 Å². The fraction of sp³-hybridized carbons (Fsp3) is 1.00. The van der Waals surface area contributed by atoms with Gasteiger partial charge in [-0.05, 0) is 45.6 Å². The molecule has 1 atom stereocenters. The van der Waals surface area contributed by atoms with Gasteiger partial charge in [0.05, 0.1) is 5.60 Å². The number of rotatable bonds is 4. The molecule has 0 amide bonds. The number of likely N-dealkylation sites (tertiary alicyclic amines) is 1. The summed E-state index contributed by atoms with van der Waals surface area (Å²) in [4.78, 5) is 2.54. The maximum atomic E-state index is 9.68. The normalized spacial score (nSPS) is 24.9. The molecule has 1 fully saturated rings. The summed E-state index contributed by atoms with van der Waals surface area (Å²) >= 11 is 0. The first-order valence-electron chi connectivity index (χ1n) is 5.86. The van der Waals surface area contributed by atoms with E-state index in [4.69, 9.17) is 0 Å². The van der Waals surface area contributed by atoms with Crippen LogP contribution in [0.3, 0.4) is 0 Å². The van der Waals surface area contributed by atoms with Crippen molar-refractivity contribution in [3.8, 4) is 0 Å². The number of hydrogen-bond acceptors (Lipinski definition) is 2. The van der Waals surface area contributed by atoms with Gasteiger partial charge in [0, 0.05) is 12.6 Å². The molecule has 0 saturated carbocycles. The first-order valence-corrected chi connectivity index (χ1v) is 5.86. The van der Waals surface area contributed by atoms with Gasteiger partial charge in [-0.3, -0.25) is 0 Å². The van der Waals surface area contributed by atoms with Crippen molar-refractivity contribution in [2.45, 2.75) is 58.6 Å². The highest BCUT2D eigenvalue weighted by molar-refractivity contribution is 4.82. The maximum absolute atomic E-state index is 9.68. The minimum Gasteiger partial charge on any atom is -0.390 e. The molecule has 0 aliphatic carbocycles. The molecule has 0 aromatic rings. The lowest BCUT2D eigenvalue weighted by Gasteiger charge is -2.29. The summed E-state index contributed by atoms with van der Waals surface area (Å²) in [6.45, 7) is 10.7. The van der Waals surface area contributed by atoms with E-state index in [1.165, 1.54) is 19.4 Å². The third-order valence-electron chi connectivity index (χ3n) is 3.19. The Kier molecular flexibility index (Phi) is 3.96. The second kappa shape index (κ2) is 4.63. The summed E-state index contributed by atoms with van der Waals surface area (Å²) in [5, 5.41) is 9.68. The van der Waals surface area contributed by atoms with Crippen LogP contribution < -0.4 is 0 Å². The maximum Gasteiger partial charge on any atom is 0.0603 e. The minimum atomic E-state index is -0.510. The zero-order valence-corrected chi connectivity index (χ0v) is 10.1. The highest BCUT2D eigenvalue weighted by Crippen LogP contribution is 2.24. The van der Waals surface area contributed by atoms with Gasteiger partial charge in [0.1, 0.15) is 0 Å². The van der Waals surface area contributed by atoms with E-state index in [0.717, 1.165) is 24.9 Å². The summed E-state index contributed by atoms with van der Waals surface area (Å²) < 4.78 is 0. The van der Waals surface area contributed by atoms with Crippen molar-refractivity contribution in [3.63, 3.8) is 0 Å². The SMILES string of the molecule is CC(C)C1CCCN1CCC(C)(C)O. The van der Waals surface area contributed by atoms with E-state index >= 15 is 0 Å². The topological polar surface area (TPSA) is 23.5 Å². The fourth-order valence-electron chi connectivity index (χ4n) is 2.30. The lowest BCUT2D eigenvalue weighted by molar-refractivity contribution is 0.0529. The van der Waals surface area contributed by atoms with Crippen LogP contribution >= 0.6 is 0 Å². The minimum absolute atomic E-state index is 0.510. The molecular formula is C12H25NO. The van der Waals surface area contributed by atoms with Gasteiger partial charge in [0.15, 0.2) is 0 Å². The monoisotopic (exact) mass is 199 g/mol. The van der Waals surface area contributed by atoms with E-state index in [0.29, 0.717) is 0 Å². The molecule has 1 aliphatic rings. The molecule has 1 saturated heterocycles. The highest BCUT2D eigenvalue weighted by Gasteiger charge is 2.27. The summed E-state index contributed by atoms with van der Waals surface area (Å²) in [5.41, 5.74) is -0.510. The second-order valence-corrected chi connectivity index (χ2v) is 5.55. The molecule has 0 aromatic carbocycles. The molecule has 1 aliphatic heterocycles. The third-order valence-corrected chi connectivity index (χ3v) is 3.19. The van der Waals surface area contributed by atoms with Crippen molar-refractivity contribution < 1.29 is 5.11 Å². The quantitative estimate of drug-likeness (QED) is 0.751. The van der Waals surface area contributed by atoms with Gasteiger partial charge in [-0.25, -0.2) is 0 Å². The van der Waals surface area contributed by atoms with Gasteiger partial charge in [0.2, 0.25) is 0 Å². The van der Waals surface area contributed by atoms with Gasteiger partial charge < -0.3 is 10.0 Å². The standard InChI is InChI=1S/C12H25NO/c1-10(2)11-6-5-8-13(11)9-7-12(3,4)14/h10-11,14H,5-9H2,1-4H3. The van der Waals surface area contributed by atoms with Gasteiger partial charge in [0.25, 0.3) is 0 Å². The Morgan fingerprint density at radius 3 is 2.57 bits per heavy atom. The molecule has 84 valence electrons. The van der Waals surface area contributed by atoms with Crippen LogP contribution in [0, 0.1) is 5.92 Å². The van der Waals surface area contributed by atoms with E-state index in [1.54, 1.807) is 0 Å². The number of hydrogen-bond donors (Lipinski definition) is 1. The van der Waals surface area contributed by atoms with Crippen molar-refractivity contribution in [1.29, 1.82) is 0 Å². The Labute approximate surface area is 88.3 Å². The smallest absolute Gasteiger partial charge is 0.0603 e. The van der Waals surface area contributed by atoms with Crippen LogP contribution in [0.1, 0.15) is 47.0 Å². The van der Waals surface area contributed by atoms with E-state index in [9.17, 15) is 5.11 Å². The molecule has 1 unspecified atom stereocenters. The summed E-state index contributed by atoms with van der Waals surface area (Å²) in [5.74, 6) is 0.749. The zero-order valence-electron chi connectivity index (χ0n) is 10.1. The second-order valence-electron chi connectivity index (χ2n) is 5.55. The average molecular weight is 199 g/mol. The molecule has 1 heterocycles.